The van der Waals surface area contributed by atoms with Gasteiger partial charge in [0.15, 0.2) is 12.2 Å². The van der Waals surface area contributed by atoms with Gasteiger partial charge in [-0.3, -0.25) is 24.0 Å². The van der Waals surface area contributed by atoms with Crippen molar-refractivity contribution in [1.29, 1.82) is 0 Å². The number of amides is 1. The minimum absolute atomic E-state index is 0.365. The maximum atomic E-state index is 11.6. The van der Waals surface area contributed by atoms with E-state index in [1.807, 2.05) is 0 Å². The van der Waals surface area contributed by atoms with Crippen LogP contribution in [0.15, 0.2) is 0 Å². The van der Waals surface area contributed by atoms with E-state index in [0.717, 1.165) is 27.7 Å². The highest BCUT2D eigenvalue weighted by molar-refractivity contribution is 5.74. The summed E-state index contributed by atoms with van der Waals surface area (Å²) in [5, 5.41) is 2.46. The smallest absolute Gasteiger partial charge is 0.305 e. The molecule has 1 aliphatic rings. The Hall–Kier alpha value is -2.69. The molecular formula is C16H23NO10. The van der Waals surface area contributed by atoms with Gasteiger partial charge in [0, 0.05) is 34.6 Å². The Morgan fingerprint density at radius 3 is 1.74 bits per heavy atom. The molecule has 27 heavy (non-hydrogen) atoms. The zero-order chi connectivity index (χ0) is 20.7. The Kier molecular flexibility index (Phi) is 8.16. The van der Waals surface area contributed by atoms with Gasteiger partial charge in [0.05, 0.1) is 0 Å². The molecule has 0 spiro atoms. The molecule has 1 amide bonds. The van der Waals surface area contributed by atoms with E-state index in [-0.39, 0.29) is 6.61 Å². The minimum Gasteiger partial charge on any atom is -0.463 e. The molecule has 0 bridgehead atoms. The van der Waals surface area contributed by atoms with E-state index >= 15 is 0 Å². The van der Waals surface area contributed by atoms with Crippen molar-refractivity contribution in [3.8, 4) is 0 Å². The molecule has 1 saturated heterocycles. The first kappa shape index (κ1) is 22.4. The van der Waals surface area contributed by atoms with Crippen LogP contribution in [0.2, 0.25) is 0 Å². The molecule has 1 heterocycles. The van der Waals surface area contributed by atoms with Crippen LogP contribution >= 0.6 is 0 Å². The molecule has 11 heteroatoms. The van der Waals surface area contributed by atoms with Gasteiger partial charge in [0.1, 0.15) is 18.8 Å². The van der Waals surface area contributed by atoms with Gasteiger partial charge in [-0.2, -0.15) is 0 Å². The third kappa shape index (κ3) is 7.21. The lowest BCUT2D eigenvalue weighted by molar-refractivity contribution is -0.270. The molecule has 0 aliphatic carbocycles. The summed E-state index contributed by atoms with van der Waals surface area (Å²) in [5.41, 5.74) is 0. The highest BCUT2D eigenvalue weighted by atomic mass is 16.7. The first-order valence-electron chi connectivity index (χ1n) is 8.08. The normalized spacial score (nSPS) is 27.1. The van der Waals surface area contributed by atoms with E-state index in [1.165, 1.54) is 6.92 Å². The van der Waals surface area contributed by atoms with Gasteiger partial charge in [0.2, 0.25) is 12.2 Å². The average Bonchev–Trinajstić information content (AvgIpc) is 2.49. The quantitative estimate of drug-likeness (QED) is 0.453. The largest absolute Gasteiger partial charge is 0.463 e. The summed E-state index contributed by atoms with van der Waals surface area (Å²) in [6.45, 7) is 5.36. The van der Waals surface area contributed by atoms with Crippen molar-refractivity contribution in [3.63, 3.8) is 0 Å². The molecule has 0 aromatic rings. The van der Waals surface area contributed by atoms with Crippen LogP contribution in [-0.2, 0) is 47.7 Å². The maximum Gasteiger partial charge on any atom is 0.305 e. The molecule has 0 radical (unpaired) electrons. The number of hydrogen-bond acceptors (Lipinski definition) is 10. The fraction of sp³-hybridized carbons (Fsp3) is 0.688. The number of esters is 4. The van der Waals surface area contributed by atoms with E-state index in [1.54, 1.807) is 0 Å². The van der Waals surface area contributed by atoms with Crippen molar-refractivity contribution < 1.29 is 47.7 Å². The molecule has 5 atom stereocenters. The van der Waals surface area contributed by atoms with Gasteiger partial charge in [0.25, 0.3) is 0 Å². The summed E-state index contributed by atoms with van der Waals surface area (Å²) in [7, 11) is 0. The van der Waals surface area contributed by atoms with Gasteiger partial charge in [-0.05, 0) is 0 Å². The predicted molar refractivity (Wildman–Crippen MR) is 85.8 cm³/mol. The van der Waals surface area contributed by atoms with Crippen molar-refractivity contribution in [1.82, 2.24) is 5.32 Å². The molecule has 152 valence electrons. The van der Waals surface area contributed by atoms with E-state index < -0.39 is 60.4 Å². The topological polar surface area (TPSA) is 144 Å². The second-order valence-electron chi connectivity index (χ2n) is 5.83. The van der Waals surface area contributed by atoms with E-state index in [2.05, 4.69) is 5.32 Å². The number of carbonyl (C=O) groups excluding carboxylic acids is 5. The van der Waals surface area contributed by atoms with Crippen LogP contribution in [0.1, 0.15) is 34.6 Å². The van der Waals surface area contributed by atoms with E-state index in [4.69, 9.17) is 23.7 Å². The molecule has 1 fully saturated rings. The molecule has 0 aromatic heterocycles. The van der Waals surface area contributed by atoms with Crippen LogP contribution in [0.5, 0.6) is 0 Å². The Balaban J connectivity index is 3.29. The molecule has 1 aliphatic heterocycles. The van der Waals surface area contributed by atoms with Gasteiger partial charge in [-0.1, -0.05) is 0 Å². The molecule has 1 rings (SSSR count). The lowest BCUT2D eigenvalue weighted by Gasteiger charge is -2.44. The highest BCUT2D eigenvalue weighted by Gasteiger charge is 2.52. The lowest BCUT2D eigenvalue weighted by atomic mass is 9.96. The summed E-state index contributed by atoms with van der Waals surface area (Å²) < 4.78 is 25.9. The fourth-order valence-electron chi connectivity index (χ4n) is 2.55. The molecule has 2 unspecified atom stereocenters. The van der Waals surface area contributed by atoms with Crippen LogP contribution in [0.3, 0.4) is 0 Å². The monoisotopic (exact) mass is 389 g/mol. The van der Waals surface area contributed by atoms with Gasteiger partial charge in [-0.25, -0.2) is 0 Å². The highest BCUT2D eigenvalue weighted by Crippen LogP contribution is 2.28. The van der Waals surface area contributed by atoms with Crippen LogP contribution in [-0.4, -0.2) is 67.0 Å². The SMILES string of the molecule is CC(=O)N[C@@H]1C(OC(C)=O)[C@@H](OC(C)=O)C(COC(C)=O)O[C@H]1OC(C)=O. The van der Waals surface area contributed by atoms with E-state index in [9.17, 15) is 24.0 Å². The summed E-state index contributed by atoms with van der Waals surface area (Å²) in [4.78, 5) is 57.2. The zero-order valence-electron chi connectivity index (χ0n) is 15.7. The molecule has 1 N–H and O–H groups in total. The maximum absolute atomic E-state index is 11.6. The summed E-state index contributed by atoms with van der Waals surface area (Å²) >= 11 is 0. The summed E-state index contributed by atoms with van der Waals surface area (Å²) in [6.07, 6.45) is -4.97. The van der Waals surface area contributed by atoms with Crippen molar-refractivity contribution >= 4 is 29.8 Å². The van der Waals surface area contributed by atoms with Crippen molar-refractivity contribution in [2.75, 3.05) is 6.61 Å². The third-order valence-electron chi connectivity index (χ3n) is 3.35. The number of carbonyl (C=O) groups is 5. The summed E-state index contributed by atoms with van der Waals surface area (Å²) in [6, 6.07) is -1.16. The minimum atomic E-state index is -1.37. The first-order chi connectivity index (χ1) is 12.5. The Labute approximate surface area is 155 Å². The zero-order valence-corrected chi connectivity index (χ0v) is 15.7. The van der Waals surface area contributed by atoms with Crippen LogP contribution in [0, 0.1) is 0 Å². The average molecular weight is 389 g/mol. The Bertz CT molecular complexity index is 604. The van der Waals surface area contributed by atoms with Gasteiger partial charge >= 0.3 is 23.9 Å². The van der Waals surface area contributed by atoms with Gasteiger partial charge < -0.3 is 29.0 Å². The molecule has 0 aromatic carbocycles. The van der Waals surface area contributed by atoms with Gasteiger partial charge in [-0.15, -0.1) is 0 Å². The second-order valence-corrected chi connectivity index (χ2v) is 5.83. The van der Waals surface area contributed by atoms with Crippen LogP contribution in [0.25, 0.3) is 0 Å². The number of rotatable bonds is 6. The Morgan fingerprint density at radius 2 is 1.30 bits per heavy atom. The predicted octanol–water partition coefficient (Wildman–Crippen LogP) is -0.794. The standard InChI is InChI=1S/C16H23NO10/c1-7(18)17-13-15(25-10(4)21)14(24-9(3)20)12(6-23-8(2)19)27-16(13)26-11(5)22/h12-16H,6H2,1-5H3,(H,17,18)/t12?,13-,14+,15?,16-/m1/s1. The molecule has 11 nitrogen and oxygen atoms in total. The third-order valence-corrected chi connectivity index (χ3v) is 3.35. The van der Waals surface area contributed by atoms with Crippen LogP contribution in [0.4, 0.5) is 0 Å². The number of hydrogen-bond donors (Lipinski definition) is 1. The van der Waals surface area contributed by atoms with Crippen molar-refractivity contribution in [3.05, 3.63) is 0 Å². The molecular weight excluding hydrogens is 366 g/mol. The fourth-order valence-corrected chi connectivity index (χ4v) is 2.55. The first-order valence-corrected chi connectivity index (χ1v) is 8.08. The molecule has 0 saturated carbocycles. The van der Waals surface area contributed by atoms with Crippen LogP contribution < -0.4 is 5.32 Å². The van der Waals surface area contributed by atoms with Crippen molar-refractivity contribution in [2.45, 2.75) is 65.3 Å². The lowest BCUT2D eigenvalue weighted by Crippen LogP contribution is -2.66. The van der Waals surface area contributed by atoms with Crippen molar-refractivity contribution in [2.24, 2.45) is 0 Å². The number of ether oxygens (including phenoxy) is 5. The second kappa shape index (κ2) is 9.86. The van der Waals surface area contributed by atoms with E-state index in [0.29, 0.717) is 0 Å². The number of nitrogens with one attached hydrogen (secondary N) is 1. The summed E-state index contributed by atoms with van der Waals surface area (Å²) in [5.74, 6) is -3.34. The Morgan fingerprint density at radius 1 is 0.778 bits per heavy atom.